The number of carboxylic acid groups (broad SMARTS) is 1. The summed E-state index contributed by atoms with van der Waals surface area (Å²) in [7, 11) is 0. The maximum absolute atomic E-state index is 13.4. The first kappa shape index (κ1) is 18.9. The highest BCUT2D eigenvalue weighted by Crippen LogP contribution is 2.22. The lowest BCUT2D eigenvalue weighted by atomic mass is 9.96. The number of carbonyl (C=O) groups is 1. The van der Waals surface area contributed by atoms with Gasteiger partial charge in [0.15, 0.2) is 6.17 Å². The summed E-state index contributed by atoms with van der Waals surface area (Å²) < 4.78 is 43.5. The van der Waals surface area contributed by atoms with Crippen molar-refractivity contribution in [2.75, 3.05) is 13.3 Å². The van der Waals surface area contributed by atoms with Crippen LogP contribution in [0.15, 0.2) is 24.3 Å². The van der Waals surface area contributed by atoms with Crippen molar-refractivity contribution in [1.29, 1.82) is 0 Å². The molecule has 0 aliphatic rings. The molecule has 126 valence electrons. The zero-order valence-electron chi connectivity index (χ0n) is 12.8. The molecule has 0 spiro atoms. The number of alkyl halides is 3. The first-order valence-electron chi connectivity index (χ1n) is 7.18. The second-order valence-electron chi connectivity index (χ2n) is 4.93. The topological polar surface area (TPSA) is 46.5 Å². The zero-order valence-corrected chi connectivity index (χ0v) is 12.8. The van der Waals surface area contributed by atoms with Crippen LogP contribution in [0, 0.1) is 11.8 Å². The van der Waals surface area contributed by atoms with E-state index in [4.69, 9.17) is 9.84 Å². The molecule has 0 aromatic heterocycles. The molecule has 23 heavy (non-hydrogen) atoms. The van der Waals surface area contributed by atoms with E-state index in [0.717, 1.165) is 0 Å². The first-order chi connectivity index (χ1) is 11.0. The van der Waals surface area contributed by atoms with Gasteiger partial charge < -0.3 is 9.84 Å². The van der Waals surface area contributed by atoms with Crippen molar-refractivity contribution >= 4 is 5.97 Å². The normalized spacial score (nSPS) is 14.3. The van der Waals surface area contributed by atoms with Gasteiger partial charge in [-0.2, -0.15) is 0 Å². The van der Waals surface area contributed by atoms with Crippen LogP contribution in [0.1, 0.15) is 31.2 Å². The third-order valence-electron chi connectivity index (χ3n) is 3.17. The predicted octanol–water partition coefficient (Wildman–Crippen LogP) is 3.68. The van der Waals surface area contributed by atoms with Crippen molar-refractivity contribution in [3.8, 4) is 17.6 Å². The third-order valence-corrected chi connectivity index (χ3v) is 3.17. The minimum atomic E-state index is -1.89. The van der Waals surface area contributed by atoms with Crippen LogP contribution in [-0.2, 0) is 4.79 Å². The van der Waals surface area contributed by atoms with E-state index in [1.165, 1.54) is 12.1 Å². The number of rotatable bonds is 9. The van der Waals surface area contributed by atoms with E-state index in [-0.39, 0.29) is 6.42 Å². The van der Waals surface area contributed by atoms with Gasteiger partial charge in [0.2, 0.25) is 0 Å². The van der Waals surface area contributed by atoms with Gasteiger partial charge in [0.1, 0.15) is 18.5 Å². The highest BCUT2D eigenvalue weighted by atomic mass is 19.2. The highest BCUT2D eigenvalue weighted by molar-refractivity contribution is 5.69. The van der Waals surface area contributed by atoms with Gasteiger partial charge >= 0.3 is 5.97 Å². The van der Waals surface area contributed by atoms with E-state index in [1.807, 2.05) is 0 Å². The maximum Gasteiger partial charge on any atom is 0.304 e. The number of hydrogen-bond donors (Lipinski definition) is 1. The largest absolute Gasteiger partial charge is 0.490 e. The molecule has 0 amide bonds. The molecular weight excluding hydrogens is 309 g/mol. The minimum Gasteiger partial charge on any atom is -0.490 e. The minimum absolute atomic E-state index is 0.125. The highest BCUT2D eigenvalue weighted by Gasteiger charge is 2.21. The molecule has 3 nitrogen and oxygen atoms in total. The Kier molecular flexibility index (Phi) is 8.03. The second kappa shape index (κ2) is 9.78. The Morgan fingerprint density at radius 3 is 2.43 bits per heavy atom. The van der Waals surface area contributed by atoms with E-state index in [1.54, 1.807) is 19.1 Å². The van der Waals surface area contributed by atoms with E-state index in [0.29, 0.717) is 11.3 Å². The number of halogens is 3. The van der Waals surface area contributed by atoms with E-state index < -0.39 is 43.9 Å². The zero-order chi connectivity index (χ0) is 17.2. The van der Waals surface area contributed by atoms with E-state index >= 15 is 0 Å². The molecule has 0 saturated heterocycles. The molecule has 0 fully saturated rings. The smallest absolute Gasteiger partial charge is 0.304 e. The molecule has 0 radical (unpaired) electrons. The molecule has 0 saturated carbocycles. The summed E-state index contributed by atoms with van der Waals surface area (Å²) in [6.45, 7) is 0.200. The fourth-order valence-corrected chi connectivity index (χ4v) is 1.96. The number of carboxylic acids is 1. The summed E-state index contributed by atoms with van der Waals surface area (Å²) in [4.78, 5) is 10.8. The van der Waals surface area contributed by atoms with Crippen molar-refractivity contribution in [3.05, 3.63) is 29.8 Å². The van der Waals surface area contributed by atoms with Crippen LogP contribution in [0.2, 0.25) is 0 Å². The van der Waals surface area contributed by atoms with Crippen molar-refractivity contribution in [2.45, 2.75) is 38.0 Å². The Morgan fingerprint density at radius 2 is 1.91 bits per heavy atom. The molecule has 0 heterocycles. The number of hydrogen-bond acceptors (Lipinski definition) is 2. The molecule has 6 heteroatoms. The first-order valence-corrected chi connectivity index (χ1v) is 7.18. The fourth-order valence-electron chi connectivity index (χ4n) is 1.96. The van der Waals surface area contributed by atoms with E-state index in [2.05, 4.69) is 11.8 Å². The summed E-state index contributed by atoms with van der Waals surface area (Å²) in [6, 6.07) is 6.34. The summed E-state index contributed by atoms with van der Waals surface area (Å²) in [5.41, 5.74) is 0.701. The SMILES string of the molecule is CC#C[C@H](CC(=O)O)c1ccc(OCC(F)C(F)CCF)cc1. The number of benzene rings is 1. The van der Waals surface area contributed by atoms with Gasteiger partial charge in [0, 0.05) is 6.42 Å². The Hall–Kier alpha value is -2.16. The Bertz CT molecular complexity index is 548. The van der Waals surface area contributed by atoms with Crippen molar-refractivity contribution < 1.29 is 27.8 Å². The maximum atomic E-state index is 13.4. The van der Waals surface area contributed by atoms with Crippen LogP contribution in [0.25, 0.3) is 0 Å². The van der Waals surface area contributed by atoms with Gasteiger partial charge in [-0.1, -0.05) is 18.1 Å². The summed E-state index contributed by atoms with van der Waals surface area (Å²) in [5, 5.41) is 8.87. The molecule has 0 bridgehead atoms. The Labute approximate surface area is 133 Å². The molecule has 1 aromatic rings. The second-order valence-corrected chi connectivity index (χ2v) is 4.93. The molecule has 0 aliphatic heterocycles. The lowest BCUT2D eigenvalue weighted by Gasteiger charge is -2.14. The van der Waals surface area contributed by atoms with Crippen LogP contribution < -0.4 is 4.74 Å². The van der Waals surface area contributed by atoms with Crippen LogP contribution in [0.5, 0.6) is 5.75 Å². The lowest BCUT2D eigenvalue weighted by molar-refractivity contribution is -0.137. The summed E-state index contributed by atoms with van der Waals surface area (Å²) in [6.07, 6.45) is -4.40. The Balaban J connectivity index is 2.64. The lowest BCUT2D eigenvalue weighted by Crippen LogP contribution is -2.25. The van der Waals surface area contributed by atoms with Crippen molar-refractivity contribution in [2.24, 2.45) is 0 Å². The predicted molar refractivity (Wildman–Crippen MR) is 80.8 cm³/mol. The average molecular weight is 328 g/mol. The molecule has 1 aromatic carbocycles. The molecule has 1 N–H and O–H groups in total. The monoisotopic (exact) mass is 328 g/mol. The van der Waals surface area contributed by atoms with E-state index in [9.17, 15) is 18.0 Å². The standard InChI is InChI=1S/C17H19F3O3/c1-2-3-13(10-17(21)22)12-4-6-14(7-5-12)23-11-16(20)15(19)8-9-18/h4-7,13,15-16H,8-11H2,1H3,(H,21,22)/t13-,15?,16?/m1/s1. The average Bonchev–Trinajstić information content (AvgIpc) is 2.52. The van der Waals surface area contributed by atoms with Gasteiger partial charge in [-0.3, -0.25) is 9.18 Å². The van der Waals surface area contributed by atoms with Crippen LogP contribution >= 0.6 is 0 Å². The van der Waals surface area contributed by atoms with Gasteiger partial charge in [-0.25, -0.2) is 8.78 Å². The van der Waals surface area contributed by atoms with Crippen molar-refractivity contribution in [3.63, 3.8) is 0 Å². The van der Waals surface area contributed by atoms with Crippen LogP contribution in [0.3, 0.4) is 0 Å². The quantitative estimate of drug-likeness (QED) is 0.703. The number of aliphatic carboxylic acids is 1. The van der Waals surface area contributed by atoms with Gasteiger partial charge in [-0.15, -0.1) is 5.92 Å². The van der Waals surface area contributed by atoms with Gasteiger partial charge in [-0.05, 0) is 24.6 Å². The van der Waals surface area contributed by atoms with Gasteiger partial charge in [0.05, 0.1) is 19.0 Å². The molecule has 0 aliphatic carbocycles. The number of ether oxygens (including phenoxy) is 1. The fraction of sp³-hybridized carbons (Fsp3) is 0.471. The van der Waals surface area contributed by atoms with Crippen LogP contribution in [0.4, 0.5) is 13.2 Å². The van der Waals surface area contributed by atoms with Crippen molar-refractivity contribution in [1.82, 2.24) is 0 Å². The molecule has 1 rings (SSSR count). The molecular formula is C17H19F3O3. The molecule has 3 atom stereocenters. The third kappa shape index (κ3) is 6.64. The summed E-state index contributed by atoms with van der Waals surface area (Å²) >= 11 is 0. The summed E-state index contributed by atoms with van der Waals surface area (Å²) in [5.74, 6) is 4.42. The Morgan fingerprint density at radius 1 is 1.26 bits per heavy atom. The molecule has 2 unspecified atom stereocenters. The van der Waals surface area contributed by atoms with Gasteiger partial charge in [0.25, 0.3) is 0 Å². The van der Waals surface area contributed by atoms with Crippen LogP contribution in [-0.4, -0.2) is 36.7 Å².